The molecule has 33 nitrogen and oxygen atoms in total. The monoisotopic (exact) mass is 1680 g/mol. The van der Waals surface area contributed by atoms with Crippen molar-refractivity contribution in [2.24, 2.45) is 0 Å². The summed E-state index contributed by atoms with van der Waals surface area (Å²) in [4.78, 5) is 151. The number of carbonyl (C=O) groups is 4. The Morgan fingerprint density at radius 1 is 0.496 bits per heavy atom. The Labute approximate surface area is 653 Å². The minimum Gasteiger partial charge on any atom is -0.392 e. The van der Waals surface area contributed by atoms with Crippen LogP contribution in [0.15, 0.2) is 200 Å². The number of carbonyl (C=O) groups excluding carboxylic acids is 4. The largest absolute Gasteiger partial charge is 0.392 e. The van der Waals surface area contributed by atoms with Crippen LogP contribution in [0.4, 0.5) is 8.78 Å². The van der Waals surface area contributed by atoms with Gasteiger partial charge in [0.1, 0.15) is 61.0 Å². The van der Waals surface area contributed by atoms with E-state index < -0.39 is 160 Å². The minimum atomic E-state index is -1.39. The van der Waals surface area contributed by atoms with Crippen LogP contribution in [0.5, 0.6) is 0 Å². The Hall–Kier alpha value is -9.81. The Kier molecular flexibility index (Phi) is 25.1. The van der Waals surface area contributed by atoms with Crippen molar-refractivity contribution in [3.8, 4) is 0 Å². The third-order valence-corrected chi connectivity index (χ3v) is 20.9. The highest BCUT2D eigenvalue weighted by Crippen LogP contribution is 2.46. The van der Waals surface area contributed by atoms with Gasteiger partial charge in [-0.05, 0) is 142 Å². The van der Waals surface area contributed by atoms with Gasteiger partial charge in [0, 0.05) is 35.8 Å². The van der Waals surface area contributed by atoms with Gasteiger partial charge in [-0.2, -0.15) is 17.9 Å². The number of aliphatic hydroxyl groups is 6. The van der Waals surface area contributed by atoms with E-state index in [1.807, 2.05) is 76.3 Å². The van der Waals surface area contributed by atoms with Crippen LogP contribution in [0.25, 0.3) is 0 Å². The molecule has 15 atom stereocenters. The van der Waals surface area contributed by atoms with E-state index in [1.54, 1.807) is 84.5 Å². The van der Waals surface area contributed by atoms with Crippen LogP contribution in [-0.4, -0.2) is 194 Å². The van der Waals surface area contributed by atoms with E-state index in [4.69, 9.17) is 38.6 Å². The molecule has 4 aromatic heterocycles. The van der Waals surface area contributed by atoms with Crippen LogP contribution in [0.3, 0.4) is 0 Å². The van der Waals surface area contributed by atoms with Crippen molar-refractivity contribution in [3.05, 3.63) is 272 Å². The molecule has 3 fully saturated rings. The first kappa shape index (κ1) is 84.1. The van der Waals surface area contributed by atoms with Crippen molar-refractivity contribution in [1.29, 1.82) is 0 Å². The molecule has 0 saturated carbocycles. The number of hydrogen-bond acceptors (Lipinski definition) is 24. The molecule has 0 bridgehead atoms. The van der Waals surface area contributed by atoms with E-state index >= 15 is 0 Å². The normalized spacial score (nSPS) is 27.7. The first-order valence-corrected chi connectivity index (χ1v) is 37.1. The molecular formula is C77H84F2IN9O24. The lowest BCUT2D eigenvalue weighted by molar-refractivity contribution is -0.153. The van der Waals surface area contributed by atoms with E-state index in [9.17, 15) is 86.7 Å². The first-order valence-electron chi connectivity index (χ1n) is 36.0. The van der Waals surface area contributed by atoms with Gasteiger partial charge in [-0.1, -0.05) is 87.5 Å². The van der Waals surface area contributed by atoms with E-state index in [2.05, 4.69) is 11.9 Å². The summed E-state index contributed by atoms with van der Waals surface area (Å²) in [6, 6.07) is 14.1. The number of allylic oxidation sites excluding steroid dienone is 1. The van der Waals surface area contributed by atoms with E-state index in [0.29, 0.717) is 21.8 Å². The second kappa shape index (κ2) is 33.7. The molecule has 0 radical (unpaired) electrons. The number of amides is 1. The minimum absolute atomic E-state index is 0.0655. The number of nitrogens with one attached hydrogen (secondary N) is 2. The number of aromatic nitrogens is 8. The summed E-state index contributed by atoms with van der Waals surface area (Å²) in [5.74, 6) is -6.50. The molecule has 2 aromatic carbocycles. The van der Waals surface area contributed by atoms with Crippen LogP contribution >= 0.6 is 22.6 Å². The van der Waals surface area contributed by atoms with Crippen LogP contribution < -0.4 is 45.0 Å². The maximum Gasteiger partial charge on any atom is 0.339 e. The van der Waals surface area contributed by atoms with Crippen molar-refractivity contribution in [3.63, 3.8) is 0 Å². The summed E-state index contributed by atoms with van der Waals surface area (Å²) >= 11 is 1.85. The summed E-state index contributed by atoms with van der Waals surface area (Å²) in [5.41, 5.74) is -2.91. The lowest BCUT2D eigenvalue weighted by atomic mass is 10.1. The molecule has 1 amide bonds. The van der Waals surface area contributed by atoms with Crippen molar-refractivity contribution in [1.82, 2.24) is 42.3 Å². The van der Waals surface area contributed by atoms with Crippen LogP contribution in [0.1, 0.15) is 133 Å². The average molecular weight is 1680 g/mol. The molecule has 4 aliphatic heterocycles. The number of H-pyrrole nitrogens is 2. The molecule has 36 heteroatoms. The van der Waals surface area contributed by atoms with Crippen LogP contribution in [0.2, 0.25) is 0 Å². The maximum atomic E-state index is 14.5. The van der Waals surface area contributed by atoms with Crippen LogP contribution in [-0.2, 0) is 38.0 Å². The van der Waals surface area contributed by atoms with Gasteiger partial charge in [0.25, 0.3) is 34.1 Å². The van der Waals surface area contributed by atoms with Gasteiger partial charge in [0.2, 0.25) is 17.5 Å². The van der Waals surface area contributed by atoms with Crippen molar-refractivity contribution < 1.29 is 87.0 Å². The second-order valence-electron chi connectivity index (χ2n) is 28.8. The molecule has 5 aliphatic carbocycles. The highest BCUT2D eigenvalue weighted by molar-refractivity contribution is 14.1. The molecule has 602 valence electrons. The molecule has 3 saturated heterocycles. The van der Waals surface area contributed by atoms with Gasteiger partial charge < -0.3 is 64.0 Å². The summed E-state index contributed by atoms with van der Waals surface area (Å²) in [7, 11) is 0. The van der Waals surface area contributed by atoms with Gasteiger partial charge in [-0.3, -0.25) is 66.6 Å². The smallest absolute Gasteiger partial charge is 0.339 e. The van der Waals surface area contributed by atoms with Gasteiger partial charge >= 0.3 is 22.8 Å². The van der Waals surface area contributed by atoms with E-state index in [0.717, 1.165) is 55.5 Å². The molecule has 8 N–H and O–H groups in total. The van der Waals surface area contributed by atoms with Gasteiger partial charge in [0.05, 0.1) is 65.8 Å². The molecule has 0 spiro atoms. The van der Waals surface area contributed by atoms with Crippen molar-refractivity contribution >= 4 is 46.1 Å². The highest BCUT2D eigenvalue weighted by Gasteiger charge is 2.54. The summed E-state index contributed by atoms with van der Waals surface area (Å²) in [6.07, 6.45) is 10.9. The summed E-state index contributed by atoms with van der Waals surface area (Å²) < 4.78 is 69.1. The SMILES string of the molecule is CCC1=C[C@@H](N2C=CC(=O)CC2=O)C2OC(C)(C)O[C@@H]12.CCC1=C[C@@H](n2cc(F)c(=O)n(C(=O)c3ccccc3)c2=O)C2OC(C)(C)O[C@@H]12.CCC1=C[C@@H](n2cc(I)c(=O)n(C(=O)c3ccccc3)c2=O)C2OC(C)(C)O[C@@H]12.O=c1[nH]c(=O)n([C@@H]2C=C(CO)[C@H](O)C2O)cc1F.O=c1ccn([C@@H]2C=C(CO)[C@H](O)C2O)c(=O)[nH]1. The number of rotatable bonds is 12. The lowest BCUT2D eigenvalue weighted by Crippen LogP contribution is -2.47. The van der Waals surface area contributed by atoms with E-state index in [-0.39, 0.29) is 74.4 Å². The van der Waals surface area contributed by atoms with Crippen molar-refractivity contribution in [2.75, 3.05) is 13.2 Å². The lowest BCUT2D eigenvalue weighted by Gasteiger charge is -2.30. The number of ether oxygens (including phenoxy) is 6. The third kappa shape index (κ3) is 17.2. The second-order valence-corrected chi connectivity index (χ2v) is 30.0. The number of aliphatic hydroxyl groups excluding tert-OH is 6. The molecule has 8 heterocycles. The molecule has 6 aromatic rings. The Morgan fingerprint density at radius 3 is 1.32 bits per heavy atom. The molecule has 113 heavy (non-hydrogen) atoms. The average Bonchev–Trinajstić information content (AvgIpc) is 1.59. The topological polar surface area (TPSA) is 446 Å². The number of nitrogens with zero attached hydrogens (tertiary/aromatic N) is 7. The fraction of sp³-hybridized carbons (Fsp3) is 0.429. The van der Waals surface area contributed by atoms with Crippen molar-refractivity contribution in [2.45, 2.75) is 197 Å². The predicted octanol–water partition coefficient (Wildman–Crippen LogP) is 2.11. The van der Waals surface area contributed by atoms with Gasteiger partial charge in [-0.25, -0.2) is 19.2 Å². The molecule has 15 rings (SSSR count). The Bertz CT molecular complexity index is 5240. The zero-order chi connectivity index (χ0) is 82.4. The van der Waals surface area contributed by atoms with Crippen LogP contribution in [0, 0.1) is 15.2 Å². The fourth-order valence-corrected chi connectivity index (χ4v) is 15.3. The number of ketones is 1. The van der Waals surface area contributed by atoms with Gasteiger partial charge in [0.15, 0.2) is 23.1 Å². The van der Waals surface area contributed by atoms with Gasteiger partial charge in [-0.15, -0.1) is 0 Å². The third-order valence-electron chi connectivity index (χ3n) is 20.1. The molecular weight excluding hydrogens is 1600 g/mol. The fourth-order valence-electron chi connectivity index (χ4n) is 14.7. The highest BCUT2D eigenvalue weighted by atomic mass is 127. The number of benzene rings is 2. The molecule has 5 unspecified atom stereocenters. The Balaban J connectivity index is 0.000000142. The summed E-state index contributed by atoms with van der Waals surface area (Å²) in [5, 5.41) is 56.4. The number of fused-ring (bicyclic) bond motifs is 3. The maximum absolute atomic E-state index is 14.5. The number of aromatic amines is 2. The standard InChI is InChI=1S/C21H21FN2O5.C21H21IN2O5.C15H19NO4.C10H11FN2O5.C10H12N2O5/c2*1-4-12-10-15(17-16(12)28-21(2,3)29-17)23-11-14(22)19(26)24(20(23)27)18(25)13-8-6-5-7-9-13;1-4-9-7-11(14-13(9)19-15(2,3)20-14)16-6-5-10(17)8-12(16)18;11-5-2-13(10(18)12-9(5)17)6-1-4(3-14)7(15)8(6)16;13-4-5-3-6(9(16)8(5)15)12-2-1-7(14)11-10(12)17/h2*5-11,15-17H,4H2,1-3H3;5-7,11,13-14H,4,8H2,1-3H3;1-2,6-8,14-16H,3H2,(H,12,17,18);1-3,6,8-9,13,15-16H,4H2,(H,11,14,17)/t2*15-,16+,17?;11-,13+,14?;6-,7+,8?;6-,8+,9?/m11111/s1. The quantitative estimate of drug-likeness (QED) is 0.0494. The Morgan fingerprint density at radius 2 is 0.894 bits per heavy atom. The molecule has 9 aliphatic rings. The van der Waals surface area contributed by atoms with E-state index in [1.165, 1.54) is 47.3 Å². The summed E-state index contributed by atoms with van der Waals surface area (Å²) in [6.45, 7) is 16.1. The first-order chi connectivity index (χ1) is 53.4. The zero-order valence-electron chi connectivity index (χ0n) is 62.4. The zero-order valence-corrected chi connectivity index (χ0v) is 64.6. The predicted molar refractivity (Wildman–Crippen MR) is 404 cm³/mol. The number of hydrogen-bond donors (Lipinski definition) is 8. The number of halogens is 3.